The van der Waals surface area contributed by atoms with Crippen molar-refractivity contribution >= 4 is 0 Å². The van der Waals surface area contributed by atoms with Crippen LogP contribution < -0.4 is 0 Å². The number of hydrogen-bond donors (Lipinski definition) is 1. The van der Waals surface area contributed by atoms with Gasteiger partial charge in [-0.15, -0.1) is 0 Å². The van der Waals surface area contributed by atoms with Crippen LogP contribution in [0.1, 0.15) is 13.3 Å². The minimum Gasteiger partial charge on any atom is -0.394 e. The number of ether oxygens (including phenoxy) is 1. The van der Waals surface area contributed by atoms with Crippen LogP contribution in [0, 0.1) is 5.92 Å². The molecule has 0 radical (unpaired) electrons. The maximum absolute atomic E-state index is 8.56. The van der Waals surface area contributed by atoms with E-state index in [2.05, 4.69) is 6.92 Å². The summed E-state index contributed by atoms with van der Waals surface area (Å²) in [5.74, 6) is 0.646. The molecule has 1 aliphatic heterocycles. The average molecular weight is 116 g/mol. The molecule has 48 valence electrons. The summed E-state index contributed by atoms with van der Waals surface area (Å²) in [4.78, 5) is 0. The Kier molecular flexibility index (Phi) is 1.86. The Morgan fingerprint density at radius 3 is 2.75 bits per heavy atom. The zero-order valence-electron chi connectivity index (χ0n) is 5.13. The summed E-state index contributed by atoms with van der Waals surface area (Å²) in [5.41, 5.74) is 0. The van der Waals surface area contributed by atoms with Gasteiger partial charge in [0.1, 0.15) is 0 Å². The number of hydrogen-bond acceptors (Lipinski definition) is 2. The van der Waals surface area contributed by atoms with Gasteiger partial charge in [-0.05, 0) is 12.3 Å². The molecule has 1 fully saturated rings. The molecule has 1 saturated heterocycles. The summed E-state index contributed by atoms with van der Waals surface area (Å²) in [6.45, 7) is 3.14. The molecule has 2 atom stereocenters. The molecular formula is C6H12O2. The smallest absolute Gasteiger partial charge is 0.0809 e. The summed E-state index contributed by atoms with van der Waals surface area (Å²) in [7, 11) is 0. The lowest BCUT2D eigenvalue weighted by Gasteiger charge is -2.01. The summed E-state index contributed by atoms with van der Waals surface area (Å²) >= 11 is 0. The highest BCUT2D eigenvalue weighted by Crippen LogP contribution is 2.17. The highest BCUT2D eigenvalue weighted by atomic mass is 16.5. The first-order valence-corrected chi connectivity index (χ1v) is 3.05. The second kappa shape index (κ2) is 2.46. The van der Waals surface area contributed by atoms with Gasteiger partial charge in [0.25, 0.3) is 0 Å². The molecule has 0 amide bonds. The zero-order chi connectivity index (χ0) is 5.98. The monoisotopic (exact) mass is 116 g/mol. The zero-order valence-corrected chi connectivity index (χ0v) is 5.13. The average Bonchev–Trinajstić information content (AvgIpc) is 2.14. The van der Waals surface area contributed by atoms with Crippen molar-refractivity contribution in [2.24, 2.45) is 5.92 Å². The van der Waals surface area contributed by atoms with Crippen LogP contribution in [0.2, 0.25) is 0 Å². The molecule has 8 heavy (non-hydrogen) atoms. The topological polar surface area (TPSA) is 29.5 Å². The van der Waals surface area contributed by atoms with E-state index in [1.807, 2.05) is 0 Å². The van der Waals surface area contributed by atoms with Gasteiger partial charge in [-0.3, -0.25) is 0 Å². The van der Waals surface area contributed by atoms with E-state index >= 15 is 0 Å². The molecule has 0 saturated carbocycles. The van der Waals surface area contributed by atoms with Crippen LogP contribution in [0.5, 0.6) is 0 Å². The lowest BCUT2D eigenvalue weighted by molar-refractivity contribution is 0.0576. The predicted octanol–water partition coefficient (Wildman–Crippen LogP) is 0.404. The molecule has 0 aliphatic carbocycles. The van der Waals surface area contributed by atoms with Crippen LogP contribution in [0.25, 0.3) is 0 Å². The van der Waals surface area contributed by atoms with Gasteiger partial charge in [-0.2, -0.15) is 0 Å². The Morgan fingerprint density at radius 1 is 1.75 bits per heavy atom. The molecule has 0 unspecified atom stereocenters. The first-order valence-electron chi connectivity index (χ1n) is 3.05. The lowest BCUT2D eigenvalue weighted by atomic mass is 10.1. The van der Waals surface area contributed by atoms with Crippen LogP contribution in [0.4, 0.5) is 0 Å². The molecule has 0 aromatic carbocycles. The summed E-state index contributed by atoms with van der Waals surface area (Å²) in [5, 5.41) is 8.56. The van der Waals surface area contributed by atoms with Gasteiger partial charge in [0.05, 0.1) is 12.7 Å². The van der Waals surface area contributed by atoms with Gasteiger partial charge in [0.15, 0.2) is 0 Å². The Labute approximate surface area is 49.5 Å². The molecule has 0 aromatic rings. The third-order valence-corrected chi connectivity index (χ3v) is 1.49. The molecule has 0 bridgehead atoms. The van der Waals surface area contributed by atoms with Gasteiger partial charge < -0.3 is 9.84 Å². The van der Waals surface area contributed by atoms with Crippen molar-refractivity contribution < 1.29 is 9.84 Å². The van der Waals surface area contributed by atoms with Gasteiger partial charge in [0, 0.05) is 6.61 Å². The molecule has 1 rings (SSSR count). The third kappa shape index (κ3) is 1.20. The predicted molar refractivity (Wildman–Crippen MR) is 30.6 cm³/mol. The van der Waals surface area contributed by atoms with E-state index in [9.17, 15) is 0 Å². The first kappa shape index (κ1) is 6.05. The Hall–Kier alpha value is -0.0800. The second-order valence-electron chi connectivity index (χ2n) is 2.48. The van der Waals surface area contributed by atoms with Crippen molar-refractivity contribution in [1.82, 2.24) is 0 Å². The fraction of sp³-hybridized carbons (Fsp3) is 1.00. The standard InChI is InChI=1S/C6H12O2/c1-5-2-6(3-7)8-4-5/h5-7H,2-4H2,1H3/t5-,6-/m1/s1. The largest absolute Gasteiger partial charge is 0.394 e. The van der Waals surface area contributed by atoms with E-state index in [1.54, 1.807) is 0 Å². The van der Waals surface area contributed by atoms with E-state index < -0.39 is 0 Å². The van der Waals surface area contributed by atoms with E-state index in [0.29, 0.717) is 5.92 Å². The molecule has 1 heterocycles. The minimum absolute atomic E-state index is 0.130. The number of aliphatic hydroxyl groups is 1. The van der Waals surface area contributed by atoms with Crippen LogP contribution >= 0.6 is 0 Å². The van der Waals surface area contributed by atoms with Crippen LogP contribution in [0.3, 0.4) is 0 Å². The van der Waals surface area contributed by atoms with Gasteiger partial charge in [-0.25, -0.2) is 0 Å². The van der Waals surface area contributed by atoms with Crippen LogP contribution in [-0.2, 0) is 4.74 Å². The first-order chi connectivity index (χ1) is 3.83. The highest BCUT2D eigenvalue weighted by molar-refractivity contribution is 4.68. The molecule has 0 spiro atoms. The van der Waals surface area contributed by atoms with Crippen molar-refractivity contribution in [2.45, 2.75) is 19.4 Å². The van der Waals surface area contributed by atoms with Crippen molar-refractivity contribution in [2.75, 3.05) is 13.2 Å². The van der Waals surface area contributed by atoms with Crippen LogP contribution in [-0.4, -0.2) is 24.4 Å². The van der Waals surface area contributed by atoms with E-state index in [4.69, 9.17) is 9.84 Å². The van der Waals surface area contributed by atoms with E-state index in [-0.39, 0.29) is 12.7 Å². The Balaban J connectivity index is 2.22. The SMILES string of the molecule is C[C@H]1CO[C@@H](CO)C1. The maximum atomic E-state index is 8.56. The highest BCUT2D eigenvalue weighted by Gasteiger charge is 2.20. The molecule has 2 heteroatoms. The quantitative estimate of drug-likeness (QED) is 0.537. The Bertz CT molecular complexity index is 72.9. The van der Waals surface area contributed by atoms with Crippen molar-refractivity contribution in [3.8, 4) is 0 Å². The minimum atomic E-state index is 0.130. The molecular weight excluding hydrogens is 104 g/mol. The number of rotatable bonds is 1. The normalized spacial score (nSPS) is 38.2. The van der Waals surface area contributed by atoms with E-state index in [0.717, 1.165) is 13.0 Å². The summed E-state index contributed by atoms with van der Waals surface area (Å²) in [6.07, 6.45) is 1.15. The van der Waals surface area contributed by atoms with E-state index in [1.165, 1.54) is 0 Å². The molecule has 2 nitrogen and oxygen atoms in total. The molecule has 1 aliphatic rings. The third-order valence-electron chi connectivity index (χ3n) is 1.49. The van der Waals surface area contributed by atoms with Crippen molar-refractivity contribution in [3.63, 3.8) is 0 Å². The lowest BCUT2D eigenvalue weighted by Crippen LogP contribution is -2.09. The Morgan fingerprint density at radius 2 is 2.50 bits per heavy atom. The summed E-state index contributed by atoms with van der Waals surface area (Å²) < 4.78 is 5.16. The van der Waals surface area contributed by atoms with Crippen molar-refractivity contribution in [3.05, 3.63) is 0 Å². The van der Waals surface area contributed by atoms with Crippen molar-refractivity contribution in [1.29, 1.82) is 0 Å². The fourth-order valence-electron chi connectivity index (χ4n) is 1.01. The number of aliphatic hydroxyl groups excluding tert-OH is 1. The van der Waals surface area contributed by atoms with Gasteiger partial charge in [0.2, 0.25) is 0 Å². The van der Waals surface area contributed by atoms with Gasteiger partial charge >= 0.3 is 0 Å². The van der Waals surface area contributed by atoms with Gasteiger partial charge in [-0.1, -0.05) is 6.92 Å². The fourth-order valence-corrected chi connectivity index (χ4v) is 1.01. The molecule has 1 N–H and O–H groups in total. The summed E-state index contributed by atoms with van der Waals surface area (Å²) in [6, 6.07) is 0. The maximum Gasteiger partial charge on any atom is 0.0809 e. The van der Waals surface area contributed by atoms with Crippen LogP contribution in [0.15, 0.2) is 0 Å². The second-order valence-corrected chi connectivity index (χ2v) is 2.48. The molecule has 0 aromatic heterocycles.